The van der Waals surface area contributed by atoms with E-state index in [1.807, 2.05) is 33.7 Å². The Balaban J connectivity index is 1.45. The topological polar surface area (TPSA) is 71.8 Å². The first kappa shape index (κ1) is 19.0. The number of piperidine rings is 1. The summed E-state index contributed by atoms with van der Waals surface area (Å²) in [6.45, 7) is 1.19. The number of nitrogens with zero attached hydrogens (tertiary/aromatic N) is 4. The number of carbonyl (C=O) groups excluding carboxylic acids is 1. The van der Waals surface area contributed by atoms with Crippen molar-refractivity contribution in [2.75, 3.05) is 23.3 Å². The van der Waals surface area contributed by atoms with Crippen molar-refractivity contribution in [3.63, 3.8) is 0 Å². The van der Waals surface area contributed by atoms with E-state index < -0.39 is 6.36 Å². The van der Waals surface area contributed by atoms with Gasteiger partial charge < -0.3 is 15.0 Å². The molecule has 0 aliphatic carbocycles. The van der Waals surface area contributed by atoms with Gasteiger partial charge in [-0.1, -0.05) is 12.1 Å². The minimum atomic E-state index is -4.78. The first-order chi connectivity index (χ1) is 13.9. The van der Waals surface area contributed by atoms with Gasteiger partial charge in [0, 0.05) is 31.0 Å². The van der Waals surface area contributed by atoms with E-state index in [9.17, 15) is 18.0 Å². The van der Waals surface area contributed by atoms with Gasteiger partial charge in [0.05, 0.1) is 5.92 Å². The summed E-state index contributed by atoms with van der Waals surface area (Å²) in [7, 11) is 0. The van der Waals surface area contributed by atoms with E-state index in [0.29, 0.717) is 18.9 Å². The molecule has 29 heavy (non-hydrogen) atoms. The third-order valence-electron chi connectivity index (χ3n) is 4.71. The summed E-state index contributed by atoms with van der Waals surface area (Å²) >= 11 is 0. The van der Waals surface area contributed by atoms with Crippen LogP contribution < -0.4 is 15.0 Å². The zero-order valence-corrected chi connectivity index (χ0v) is 15.3. The second kappa shape index (κ2) is 7.61. The number of anilines is 2. The molecule has 1 aliphatic heterocycles. The van der Waals surface area contributed by atoms with Crippen LogP contribution >= 0.6 is 0 Å². The van der Waals surface area contributed by atoms with Crippen molar-refractivity contribution < 1.29 is 22.7 Å². The highest BCUT2D eigenvalue weighted by Crippen LogP contribution is 2.27. The third kappa shape index (κ3) is 4.41. The van der Waals surface area contributed by atoms with E-state index in [2.05, 4.69) is 20.3 Å². The Morgan fingerprint density at radius 2 is 2.03 bits per heavy atom. The molecule has 0 spiro atoms. The predicted octanol–water partition coefficient (Wildman–Crippen LogP) is 3.48. The van der Waals surface area contributed by atoms with E-state index in [-0.39, 0.29) is 23.3 Å². The molecule has 2 aromatic heterocycles. The molecule has 10 heteroatoms. The maximum Gasteiger partial charge on any atom is 0.573 e. The molecule has 4 rings (SSSR count). The highest BCUT2D eigenvalue weighted by molar-refractivity contribution is 5.93. The van der Waals surface area contributed by atoms with Crippen molar-refractivity contribution in [3.05, 3.63) is 48.7 Å². The van der Waals surface area contributed by atoms with E-state index in [1.54, 1.807) is 0 Å². The number of aromatic nitrogens is 3. The molecule has 0 radical (unpaired) electrons. The van der Waals surface area contributed by atoms with Crippen molar-refractivity contribution in [2.24, 2.45) is 5.92 Å². The number of alkyl halides is 3. The molecule has 1 atom stereocenters. The van der Waals surface area contributed by atoms with Crippen molar-refractivity contribution >= 4 is 23.2 Å². The van der Waals surface area contributed by atoms with Crippen molar-refractivity contribution in [3.8, 4) is 5.75 Å². The van der Waals surface area contributed by atoms with Gasteiger partial charge in [-0.05, 0) is 37.1 Å². The largest absolute Gasteiger partial charge is 0.573 e. The monoisotopic (exact) mass is 405 g/mol. The lowest BCUT2D eigenvalue weighted by Crippen LogP contribution is -2.41. The smallest absolute Gasteiger partial charge is 0.406 e. The molecule has 0 saturated carbocycles. The number of amides is 1. The highest BCUT2D eigenvalue weighted by atomic mass is 19.4. The zero-order chi connectivity index (χ0) is 20.4. The van der Waals surface area contributed by atoms with Gasteiger partial charge in [-0.3, -0.25) is 9.20 Å². The number of nitrogens with one attached hydrogen (secondary N) is 1. The average molecular weight is 405 g/mol. The summed E-state index contributed by atoms with van der Waals surface area (Å²) in [6.07, 6.45) is -1.46. The molecule has 1 fully saturated rings. The van der Waals surface area contributed by atoms with Gasteiger partial charge in [-0.15, -0.1) is 23.4 Å². The van der Waals surface area contributed by atoms with Crippen LogP contribution in [0.2, 0.25) is 0 Å². The molecule has 1 aliphatic rings. The number of hydrogen-bond acceptors (Lipinski definition) is 5. The number of pyridine rings is 1. The van der Waals surface area contributed by atoms with Crippen LogP contribution in [0.25, 0.3) is 5.65 Å². The molecule has 0 unspecified atom stereocenters. The lowest BCUT2D eigenvalue weighted by molar-refractivity contribution is -0.274. The lowest BCUT2D eigenvalue weighted by atomic mass is 9.97. The molecular weight excluding hydrogens is 387 g/mol. The van der Waals surface area contributed by atoms with Gasteiger partial charge in [-0.25, -0.2) is 0 Å². The van der Waals surface area contributed by atoms with Crippen LogP contribution in [0, 0.1) is 5.92 Å². The van der Waals surface area contributed by atoms with Crippen LogP contribution in [0.4, 0.5) is 24.8 Å². The maximum atomic E-state index is 12.7. The lowest BCUT2D eigenvalue weighted by Gasteiger charge is -2.32. The second-order valence-electron chi connectivity index (χ2n) is 6.78. The first-order valence-corrected chi connectivity index (χ1v) is 9.10. The normalized spacial score (nSPS) is 17.3. The Kier molecular flexibility index (Phi) is 4.99. The van der Waals surface area contributed by atoms with Crippen molar-refractivity contribution in [1.82, 2.24) is 14.6 Å². The molecule has 7 nitrogen and oxygen atoms in total. The summed E-state index contributed by atoms with van der Waals surface area (Å²) in [5.74, 6) is -0.297. The van der Waals surface area contributed by atoms with Gasteiger partial charge in [0.15, 0.2) is 5.65 Å². The highest BCUT2D eigenvalue weighted by Gasteiger charge is 2.31. The standard InChI is InChI=1S/C19H18F3N5O2/c20-19(21,22)29-15-7-3-6-14(11-15)23-17(28)13-5-4-9-26(12-13)18-25-24-16-8-1-2-10-27(16)18/h1-3,6-8,10-11,13H,4-5,9,12H2,(H,23,28)/t13-/m1/s1. The Morgan fingerprint density at radius 1 is 1.17 bits per heavy atom. The van der Waals surface area contributed by atoms with Crippen LogP contribution in [0.1, 0.15) is 12.8 Å². The quantitative estimate of drug-likeness (QED) is 0.720. The molecule has 1 saturated heterocycles. The van der Waals surface area contributed by atoms with E-state index in [4.69, 9.17) is 0 Å². The van der Waals surface area contributed by atoms with E-state index in [0.717, 1.165) is 24.7 Å². The number of benzene rings is 1. The van der Waals surface area contributed by atoms with Crippen LogP contribution in [0.3, 0.4) is 0 Å². The van der Waals surface area contributed by atoms with E-state index in [1.165, 1.54) is 18.2 Å². The minimum Gasteiger partial charge on any atom is -0.406 e. The van der Waals surface area contributed by atoms with Gasteiger partial charge in [-0.2, -0.15) is 0 Å². The summed E-state index contributed by atoms with van der Waals surface area (Å²) < 4.78 is 42.9. The Morgan fingerprint density at radius 3 is 2.86 bits per heavy atom. The summed E-state index contributed by atoms with van der Waals surface area (Å²) in [6, 6.07) is 10.8. The minimum absolute atomic E-state index is 0.252. The fourth-order valence-corrected chi connectivity index (χ4v) is 3.43. The number of halogens is 3. The summed E-state index contributed by atoms with van der Waals surface area (Å²) in [4.78, 5) is 14.7. The number of ether oxygens (including phenoxy) is 1. The predicted molar refractivity (Wildman–Crippen MR) is 99.7 cm³/mol. The Labute approximate surface area is 164 Å². The number of fused-ring (bicyclic) bond motifs is 1. The van der Waals surface area contributed by atoms with E-state index >= 15 is 0 Å². The summed E-state index contributed by atoms with van der Waals surface area (Å²) in [5, 5.41) is 11.0. The fourth-order valence-electron chi connectivity index (χ4n) is 3.43. The second-order valence-corrected chi connectivity index (χ2v) is 6.78. The maximum absolute atomic E-state index is 12.7. The molecule has 152 valence electrons. The SMILES string of the molecule is O=C(Nc1cccc(OC(F)(F)F)c1)[C@@H]1CCCN(c2nnc3ccccn23)C1. The zero-order valence-electron chi connectivity index (χ0n) is 15.3. The van der Waals surface area contributed by atoms with Crippen LogP contribution in [-0.4, -0.2) is 40.0 Å². The van der Waals surface area contributed by atoms with Crippen molar-refractivity contribution in [2.45, 2.75) is 19.2 Å². The van der Waals surface area contributed by atoms with Gasteiger partial charge in [0.2, 0.25) is 11.9 Å². The molecular formula is C19H18F3N5O2. The number of hydrogen-bond donors (Lipinski definition) is 1. The van der Waals surface area contributed by atoms with Crippen molar-refractivity contribution in [1.29, 1.82) is 0 Å². The van der Waals surface area contributed by atoms with Crippen LogP contribution in [-0.2, 0) is 4.79 Å². The van der Waals surface area contributed by atoms with Gasteiger partial charge in [0.1, 0.15) is 5.75 Å². The first-order valence-electron chi connectivity index (χ1n) is 9.10. The fraction of sp³-hybridized carbons (Fsp3) is 0.316. The van der Waals surface area contributed by atoms with Crippen LogP contribution in [0.15, 0.2) is 48.7 Å². The molecule has 1 aromatic carbocycles. The van der Waals surface area contributed by atoms with Gasteiger partial charge >= 0.3 is 6.36 Å². The molecule has 3 aromatic rings. The molecule has 1 amide bonds. The molecule has 0 bridgehead atoms. The Hall–Kier alpha value is -3.30. The molecule has 1 N–H and O–H groups in total. The summed E-state index contributed by atoms with van der Waals surface area (Å²) in [5.41, 5.74) is 0.970. The average Bonchev–Trinajstić information content (AvgIpc) is 3.11. The third-order valence-corrected chi connectivity index (χ3v) is 4.71. The Bertz CT molecular complexity index is 1020. The van der Waals surface area contributed by atoms with Crippen LogP contribution in [0.5, 0.6) is 5.75 Å². The number of rotatable bonds is 4. The molecule has 3 heterocycles. The van der Waals surface area contributed by atoms with Gasteiger partial charge in [0.25, 0.3) is 0 Å². The number of carbonyl (C=O) groups is 1.